The topological polar surface area (TPSA) is 105 Å². The largest absolute Gasteiger partial charge is 0.348 e. The van der Waals surface area contributed by atoms with Crippen LogP contribution < -0.4 is 16.0 Å². The Morgan fingerprint density at radius 3 is 2.57 bits per heavy atom. The molecule has 2 N–H and O–H groups in total. The highest BCUT2D eigenvalue weighted by Crippen LogP contribution is 2.18. The van der Waals surface area contributed by atoms with Crippen molar-refractivity contribution < 1.29 is 4.79 Å². The van der Waals surface area contributed by atoms with Gasteiger partial charge in [-0.25, -0.2) is 4.98 Å². The average molecular weight is 386 g/mol. The van der Waals surface area contributed by atoms with E-state index < -0.39 is 0 Å². The molecule has 3 rings (SSSR count). The van der Waals surface area contributed by atoms with E-state index in [1.54, 1.807) is 22.8 Å². The number of H-pyrrole nitrogens is 2. The Morgan fingerprint density at radius 2 is 1.89 bits per heavy atom. The number of rotatable bonds is 5. The molecule has 28 heavy (non-hydrogen) atoms. The molecule has 1 aliphatic heterocycles. The summed E-state index contributed by atoms with van der Waals surface area (Å²) in [5.41, 5.74) is 1.31. The first-order valence-electron chi connectivity index (χ1n) is 9.21. The number of likely N-dealkylation sites (tertiary alicyclic amines) is 1. The second-order valence-electron chi connectivity index (χ2n) is 7.48. The zero-order chi connectivity index (χ0) is 20.4. The summed E-state index contributed by atoms with van der Waals surface area (Å²) in [6, 6.07) is 4.70. The number of nitrogens with one attached hydrogen (secondary N) is 2. The van der Waals surface area contributed by atoms with Gasteiger partial charge in [0.05, 0.1) is 5.69 Å². The zero-order valence-electron chi connectivity index (χ0n) is 16.7. The SMILES string of the molecule is Cc1cc(C(=O)N2CC[C@@H](N(C)Cc3cc(=O)[nH]c(N(C)C)n3)C2)cc(=O)[nH]1. The Hall–Kier alpha value is -2.94. The van der Waals surface area contributed by atoms with E-state index in [-0.39, 0.29) is 23.1 Å². The number of hydrogen-bond acceptors (Lipinski definition) is 6. The molecule has 1 fully saturated rings. The smallest absolute Gasteiger partial charge is 0.254 e. The number of aryl methyl sites for hydroxylation is 1. The van der Waals surface area contributed by atoms with Crippen molar-refractivity contribution in [2.75, 3.05) is 39.1 Å². The van der Waals surface area contributed by atoms with E-state index in [9.17, 15) is 14.4 Å². The molecule has 3 heterocycles. The van der Waals surface area contributed by atoms with E-state index in [1.165, 1.54) is 12.1 Å². The second-order valence-corrected chi connectivity index (χ2v) is 7.48. The number of carbonyl (C=O) groups is 1. The van der Waals surface area contributed by atoms with Crippen LogP contribution >= 0.6 is 0 Å². The van der Waals surface area contributed by atoms with Gasteiger partial charge in [-0.05, 0) is 26.5 Å². The van der Waals surface area contributed by atoms with Crippen molar-refractivity contribution in [1.82, 2.24) is 24.8 Å². The third-order valence-electron chi connectivity index (χ3n) is 4.92. The number of carbonyl (C=O) groups excluding carboxylic acids is 1. The number of amides is 1. The van der Waals surface area contributed by atoms with Gasteiger partial charge in [0, 0.05) is 63.2 Å². The van der Waals surface area contributed by atoms with Crippen molar-refractivity contribution >= 4 is 11.9 Å². The summed E-state index contributed by atoms with van der Waals surface area (Å²) in [7, 11) is 5.61. The minimum Gasteiger partial charge on any atom is -0.348 e. The van der Waals surface area contributed by atoms with Crippen molar-refractivity contribution in [3.8, 4) is 0 Å². The highest BCUT2D eigenvalue weighted by atomic mass is 16.2. The van der Waals surface area contributed by atoms with Crippen molar-refractivity contribution in [3.63, 3.8) is 0 Å². The van der Waals surface area contributed by atoms with E-state index in [0.717, 1.165) is 6.42 Å². The average Bonchev–Trinajstić information content (AvgIpc) is 3.10. The Kier molecular flexibility index (Phi) is 5.64. The van der Waals surface area contributed by atoms with Gasteiger partial charge in [0.15, 0.2) is 0 Å². The van der Waals surface area contributed by atoms with Crippen molar-refractivity contribution in [1.29, 1.82) is 0 Å². The first kappa shape index (κ1) is 19.8. The summed E-state index contributed by atoms with van der Waals surface area (Å²) >= 11 is 0. The number of pyridine rings is 1. The van der Waals surface area contributed by atoms with E-state index in [1.807, 2.05) is 21.1 Å². The van der Waals surface area contributed by atoms with Crippen LogP contribution in [-0.4, -0.2) is 70.9 Å². The fraction of sp³-hybridized carbons (Fsp3) is 0.474. The minimum absolute atomic E-state index is 0.130. The van der Waals surface area contributed by atoms with Gasteiger partial charge in [-0.2, -0.15) is 0 Å². The van der Waals surface area contributed by atoms with Crippen molar-refractivity contribution in [3.05, 3.63) is 55.9 Å². The van der Waals surface area contributed by atoms with Gasteiger partial charge in [0.25, 0.3) is 11.5 Å². The molecule has 0 unspecified atom stereocenters. The Labute approximate surface area is 163 Å². The third-order valence-corrected chi connectivity index (χ3v) is 4.92. The summed E-state index contributed by atoms with van der Waals surface area (Å²) in [6.07, 6.45) is 0.828. The predicted molar refractivity (Wildman–Crippen MR) is 107 cm³/mol. The lowest BCUT2D eigenvalue weighted by molar-refractivity contribution is 0.0779. The molecule has 0 radical (unpaired) electrons. The van der Waals surface area contributed by atoms with Crippen LogP contribution in [0.2, 0.25) is 0 Å². The maximum absolute atomic E-state index is 12.7. The summed E-state index contributed by atoms with van der Waals surface area (Å²) < 4.78 is 0. The van der Waals surface area contributed by atoms with Crippen LogP contribution in [0, 0.1) is 6.92 Å². The zero-order valence-corrected chi connectivity index (χ0v) is 16.7. The molecule has 2 aromatic heterocycles. The minimum atomic E-state index is -0.270. The molecule has 0 saturated carbocycles. The van der Waals surface area contributed by atoms with Gasteiger partial charge in [-0.3, -0.25) is 24.3 Å². The van der Waals surface area contributed by atoms with Crippen LogP contribution in [0.3, 0.4) is 0 Å². The van der Waals surface area contributed by atoms with Gasteiger partial charge in [-0.1, -0.05) is 0 Å². The number of likely N-dealkylation sites (N-methyl/N-ethyl adjacent to an activating group) is 1. The third kappa shape index (κ3) is 4.48. The monoisotopic (exact) mass is 386 g/mol. The highest BCUT2D eigenvalue weighted by Gasteiger charge is 2.30. The van der Waals surface area contributed by atoms with Crippen LogP contribution in [0.25, 0.3) is 0 Å². The van der Waals surface area contributed by atoms with Crippen LogP contribution in [0.15, 0.2) is 27.8 Å². The summed E-state index contributed by atoms with van der Waals surface area (Å²) in [6.45, 7) is 3.48. The number of hydrogen-bond donors (Lipinski definition) is 2. The van der Waals surface area contributed by atoms with Gasteiger partial charge in [0.1, 0.15) is 0 Å². The lowest BCUT2D eigenvalue weighted by Gasteiger charge is -2.24. The van der Waals surface area contributed by atoms with E-state index in [0.29, 0.717) is 42.5 Å². The summed E-state index contributed by atoms with van der Waals surface area (Å²) in [4.78, 5) is 51.7. The van der Waals surface area contributed by atoms with Crippen LogP contribution in [0.4, 0.5) is 5.95 Å². The van der Waals surface area contributed by atoms with Crippen molar-refractivity contribution in [2.24, 2.45) is 0 Å². The van der Waals surface area contributed by atoms with Crippen molar-refractivity contribution in [2.45, 2.75) is 25.9 Å². The Bertz CT molecular complexity index is 980. The molecule has 0 aliphatic carbocycles. The molecular formula is C19H26N6O3. The Morgan fingerprint density at radius 1 is 1.18 bits per heavy atom. The lowest BCUT2D eigenvalue weighted by atomic mass is 10.2. The maximum Gasteiger partial charge on any atom is 0.254 e. The van der Waals surface area contributed by atoms with Gasteiger partial charge in [-0.15, -0.1) is 0 Å². The molecule has 1 saturated heterocycles. The molecule has 1 atom stereocenters. The normalized spacial score (nSPS) is 16.6. The summed E-state index contributed by atoms with van der Waals surface area (Å²) in [5.74, 6) is 0.387. The van der Waals surface area contributed by atoms with Gasteiger partial charge < -0.3 is 14.8 Å². The molecule has 0 spiro atoms. The van der Waals surface area contributed by atoms with Crippen LogP contribution in [0.1, 0.15) is 28.2 Å². The molecule has 1 amide bonds. The lowest BCUT2D eigenvalue weighted by Crippen LogP contribution is -2.37. The highest BCUT2D eigenvalue weighted by molar-refractivity contribution is 5.94. The standard InChI is InChI=1S/C19H26N6O3/c1-12-7-13(8-16(26)20-12)18(28)25-6-5-15(11-25)24(4)10-14-9-17(27)22-19(21-14)23(2)3/h7-9,15H,5-6,10-11H2,1-4H3,(H,20,26)(H,21,22,27)/t15-/m1/s1. The molecular weight excluding hydrogens is 360 g/mol. The van der Waals surface area contributed by atoms with E-state index >= 15 is 0 Å². The predicted octanol–water partition coefficient (Wildman–Crippen LogP) is 0.179. The number of aromatic nitrogens is 3. The second kappa shape index (κ2) is 7.97. The van der Waals surface area contributed by atoms with Gasteiger partial charge in [0.2, 0.25) is 11.5 Å². The van der Waals surface area contributed by atoms with Gasteiger partial charge >= 0.3 is 0 Å². The Balaban J connectivity index is 1.67. The molecule has 1 aliphatic rings. The maximum atomic E-state index is 12.7. The quantitative estimate of drug-likeness (QED) is 0.759. The molecule has 0 aromatic carbocycles. The molecule has 150 valence electrons. The number of anilines is 1. The molecule has 9 nitrogen and oxygen atoms in total. The first-order valence-corrected chi connectivity index (χ1v) is 9.21. The van der Waals surface area contributed by atoms with E-state index in [2.05, 4.69) is 19.9 Å². The summed E-state index contributed by atoms with van der Waals surface area (Å²) in [5, 5.41) is 0. The molecule has 9 heteroatoms. The fourth-order valence-corrected chi connectivity index (χ4v) is 3.45. The fourth-order valence-electron chi connectivity index (χ4n) is 3.45. The molecule has 2 aromatic rings. The number of nitrogens with zero attached hydrogens (tertiary/aromatic N) is 4. The number of aromatic amines is 2. The van der Waals surface area contributed by atoms with E-state index in [4.69, 9.17) is 0 Å². The molecule has 0 bridgehead atoms. The first-order chi connectivity index (χ1) is 13.2. The van der Waals surface area contributed by atoms with Crippen LogP contribution in [0.5, 0.6) is 0 Å². The van der Waals surface area contributed by atoms with Crippen LogP contribution in [-0.2, 0) is 6.54 Å².